The molecule has 0 atom stereocenters. The third-order valence-electron chi connectivity index (χ3n) is 2.81. The van der Waals surface area contributed by atoms with Crippen LogP contribution in [-0.4, -0.2) is 5.78 Å². The summed E-state index contributed by atoms with van der Waals surface area (Å²) in [5.41, 5.74) is 5.00. The largest absolute Gasteiger partial charge is 0.355 e. The van der Waals surface area contributed by atoms with Crippen molar-refractivity contribution in [2.75, 3.05) is 5.32 Å². The molecular weight excluding hydrogens is 222 g/mol. The van der Waals surface area contributed by atoms with Crippen LogP contribution >= 0.6 is 0 Å². The fourth-order valence-electron chi connectivity index (χ4n) is 2.10. The number of Topliss-reactive ketones (excluding diaryl/α,β-unsaturated/α-hetero) is 1. The predicted molar refractivity (Wildman–Crippen MR) is 75.6 cm³/mol. The molecule has 0 aliphatic heterocycles. The maximum absolute atomic E-state index is 11.6. The number of para-hydroxylation sites is 1. The Morgan fingerprint density at radius 3 is 2.22 bits per heavy atom. The lowest BCUT2D eigenvalue weighted by Gasteiger charge is -2.11. The Balaban J connectivity index is 2.37. The molecule has 92 valence electrons. The fourth-order valence-corrected chi connectivity index (χ4v) is 2.10. The van der Waals surface area contributed by atoms with Gasteiger partial charge in [-0.3, -0.25) is 4.79 Å². The van der Waals surface area contributed by atoms with Crippen LogP contribution in [0.3, 0.4) is 0 Å². The SMILES string of the molecule is CC(=O)c1ccccc1Nc1cc(C)cc(C)c1. The number of rotatable bonds is 3. The first-order chi connectivity index (χ1) is 8.56. The van der Waals surface area contributed by atoms with Crippen LogP contribution in [0.2, 0.25) is 0 Å². The van der Waals surface area contributed by atoms with Crippen LogP contribution in [0, 0.1) is 13.8 Å². The van der Waals surface area contributed by atoms with Crippen LogP contribution in [-0.2, 0) is 0 Å². The van der Waals surface area contributed by atoms with Crippen LogP contribution in [0.5, 0.6) is 0 Å². The molecule has 0 fully saturated rings. The van der Waals surface area contributed by atoms with Crippen LogP contribution in [0.25, 0.3) is 0 Å². The summed E-state index contributed by atoms with van der Waals surface area (Å²) in [7, 11) is 0. The molecular formula is C16H17NO. The molecule has 2 aromatic carbocycles. The number of benzene rings is 2. The summed E-state index contributed by atoms with van der Waals surface area (Å²) in [4.78, 5) is 11.6. The molecule has 2 aromatic rings. The number of aryl methyl sites for hydroxylation is 2. The van der Waals surface area contributed by atoms with Gasteiger partial charge in [0.05, 0.1) is 0 Å². The van der Waals surface area contributed by atoms with E-state index in [1.54, 1.807) is 6.92 Å². The van der Waals surface area contributed by atoms with Gasteiger partial charge in [-0.25, -0.2) is 0 Å². The molecule has 0 unspecified atom stereocenters. The van der Waals surface area contributed by atoms with Crippen molar-refractivity contribution >= 4 is 17.2 Å². The van der Waals surface area contributed by atoms with Crippen molar-refractivity contribution in [3.05, 3.63) is 59.2 Å². The quantitative estimate of drug-likeness (QED) is 0.811. The molecule has 0 heterocycles. The minimum Gasteiger partial charge on any atom is -0.355 e. The zero-order valence-corrected chi connectivity index (χ0v) is 10.9. The standard InChI is InChI=1S/C16H17NO/c1-11-8-12(2)10-14(9-11)17-16-7-5-4-6-15(16)13(3)18/h4-10,17H,1-3H3. The number of hydrogen-bond acceptors (Lipinski definition) is 2. The highest BCUT2D eigenvalue weighted by Crippen LogP contribution is 2.23. The van der Waals surface area contributed by atoms with Crippen LogP contribution in [0.4, 0.5) is 11.4 Å². The van der Waals surface area contributed by atoms with Gasteiger partial charge in [-0.05, 0) is 56.2 Å². The van der Waals surface area contributed by atoms with E-state index in [4.69, 9.17) is 0 Å². The minimum atomic E-state index is 0.0717. The Kier molecular flexibility index (Phi) is 3.47. The van der Waals surface area contributed by atoms with E-state index < -0.39 is 0 Å². The van der Waals surface area contributed by atoms with Crippen LogP contribution < -0.4 is 5.32 Å². The summed E-state index contributed by atoms with van der Waals surface area (Å²) >= 11 is 0. The van der Waals surface area contributed by atoms with Crippen LogP contribution in [0.15, 0.2) is 42.5 Å². The molecule has 0 aliphatic carbocycles. The van der Waals surface area contributed by atoms with Crippen molar-refractivity contribution in [2.24, 2.45) is 0 Å². The monoisotopic (exact) mass is 239 g/mol. The number of nitrogens with one attached hydrogen (secondary N) is 1. The first-order valence-electron chi connectivity index (χ1n) is 6.01. The normalized spacial score (nSPS) is 10.2. The average molecular weight is 239 g/mol. The molecule has 2 heteroatoms. The molecule has 18 heavy (non-hydrogen) atoms. The number of carbonyl (C=O) groups excluding carboxylic acids is 1. The number of hydrogen-bond donors (Lipinski definition) is 1. The van der Waals surface area contributed by atoms with Crippen molar-refractivity contribution < 1.29 is 4.79 Å². The van der Waals surface area contributed by atoms with Gasteiger partial charge < -0.3 is 5.32 Å². The van der Waals surface area contributed by atoms with Gasteiger partial charge in [0.15, 0.2) is 5.78 Å². The van der Waals surface area contributed by atoms with Crippen molar-refractivity contribution in [3.63, 3.8) is 0 Å². The highest BCUT2D eigenvalue weighted by atomic mass is 16.1. The molecule has 0 radical (unpaired) electrons. The third-order valence-corrected chi connectivity index (χ3v) is 2.81. The molecule has 0 bridgehead atoms. The lowest BCUT2D eigenvalue weighted by atomic mass is 10.1. The van der Waals surface area contributed by atoms with Gasteiger partial charge in [-0.1, -0.05) is 18.2 Å². The first kappa shape index (κ1) is 12.4. The summed E-state index contributed by atoms with van der Waals surface area (Å²) in [6.07, 6.45) is 0. The second-order valence-electron chi connectivity index (χ2n) is 4.60. The molecule has 0 saturated carbocycles. The number of ketones is 1. The zero-order valence-electron chi connectivity index (χ0n) is 10.9. The van der Waals surface area contributed by atoms with Gasteiger partial charge in [0.2, 0.25) is 0 Å². The van der Waals surface area contributed by atoms with Gasteiger partial charge in [-0.2, -0.15) is 0 Å². The maximum atomic E-state index is 11.6. The predicted octanol–water partition coefficient (Wildman–Crippen LogP) is 4.25. The average Bonchev–Trinajstić information content (AvgIpc) is 2.27. The van der Waals surface area contributed by atoms with Crippen molar-refractivity contribution in [2.45, 2.75) is 20.8 Å². The maximum Gasteiger partial charge on any atom is 0.161 e. The molecule has 0 saturated heterocycles. The smallest absolute Gasteiger partial charge is 0.161 e. The van der Waals surface area contributed by atoms with E-state index in [0.717, 1.165) is 16.9 Å². The molecule has 2 nitrogen and oxygen atoms in total. The number of carbonyl (C=O) groups is 1. The van der Waals surface area contributed by atoms with Gasteiger partial charge in [0.1, 0.15) is 0 Å². The molecule has 0 aromatic heterocycles. The fraction of sp³-hybridized carbons (Fsp3) is 0.188. The Hall–Kier alpha value is -2.09. The summed E-state index contributed by atoms with van der Waals surface area (Å²) in [6, 6.07) is 13.8. The van der Waals surface area contributed by atoms with E-state index in [1.165, 1.54) is 11.1 Å². The summed E-state index contributed by atoms with van der Waals surface area (Å²) < 4.78 is 0. The first-order valence-corrected chi connectivity index (χ1v) is 6.01. The van der Waals surface area contributed by atoms with Gasteiger partial charge in [0.25, 0.3) is 0 Å². The topological polar surface area (TPSA) is 29.1 Å². The second kappa shape index (κ2) is 5.05. The Morgan fingerprint density at radius 1 is 1.00 bits per heavy atom. The van der Waals surface area contributed by atoms with Crippen molar-refractivity contribution in [3.8, 4) is 0 Å². The summed E-state index contributed by atoms with van der Waals surface area (Å²) in [5.74, 6) is 0.0717. The lowest BCUT2D eigenvalue weighted by molar-refractivity contribution is 0.101. The summed E-state index contributed by atoms with van der Waals surface area (Å²) in [5, 5.41) is 3.31. The van der Waals surface area contributed by atoms with E-state index in [9.17, 15) is 4.79 Å². The molecule has 2 rings (SSSR count). The van der Waals surface area contributed by atoms with Crippen LogP contribution in [0.1, 0.15) is 28.4 Å². The Morgan fingerprint density at radius 2 is 1.61 bits per heavy atom. The van der Waals surface area contributed by atoms with E-state index in [0.29, 0.717) is 0 Å². The Bertz CT molecular complexity index is 567. The van der Waals surface area contributed by atoms with E-state index in [1.807, 2.05) is 24.3 Å². The summed E-state index contributed by atoms with van der Waals surface area (Å²) in [6.45, 7) is 5.71. The van der Waals surface area contributed by atoms with Crippen molar-refractivity contribution in [1.82, 2.24) is 0 Å². The van der Waals surface area contributed by atoms with Gasteiger partial charge in [-0.15, -0.1) is 0 Å². The second-order valence-corrected chi connectivity index (χ2v) is 4.60. The highest BCUT2D eigenvalue weighted by Gasteiger charge is 2.06. The van der Waals surface area contributed by atoms with E-state index >= 15 is 0 Å². The third kappa shape index (κ3) is 2.77. The number of anilines is 2. The molecule has 0 amide bonds. The Labute approximate surface area is 108 Å². The van der Waals surface area contributed by atoms with E-state index in [-0.39, 0.29) is 5.78 Å². The van der Waals surface area contributed by atoms with Crippen molar-refractivity contribution in [1.29, 1.82) is 0 Å². The highest BCUT2D eigenvalue weighted by molar-refractivity contribution is 6.00. The molecule has 0 aliphatic rings. The van der Waals surface area contributed by atoms with Gasteiger partial charge in [0, 0.05) is 16.9 Å². The minimum absolute atomic E-state index is 0.0717. The lowest BCUT2D eigenvalue weighted by Crippen LogP contribution is -2.00. The van der Waals surface area contributed by atoms with Gasteiger partial charge >= 0.3 is 0 Å². The molecule has 1 N–H and O–H groups in total. The zero-order chi connectivity index (χ0) is 13.1. The molecule has 0 spiro atoms. The van der Waals surface area contributed by atoms with E-state index in [2.05, 4.69) is 37.4 Å².